The van der Waals surface area contributed by atoms with Gasteiger partial charge in [-0.15, -0.1) is 10.2 Å². The van der Waals surface area contributed by atoms with E-state index in [-0.39, 0.29) is 16.0 Å². The van der Waals surface area contributed by atoms with Gasteiger partial charge in [-0.25, -0.2) is 4.79 Å². The molecule has 0 saturated carbocycles. The van der Waals surface area contributed by atoms with Gasteiger partial charge in [0.05, 0.1) is 5.02 Å². The molecule has 0 aliphatic carbocycles. The Morgan fingerprint density at radius 1 is 0.935 bits per heavy atom. The van der Waals surface area contributed by atoms with Gasteiger partial charge < -0.3 is 13.9 Å². The van der Waals surface area contributed by atoms with Crippen LogP contribution >= 0.6 is 46.6 Å². The molecule has 0 spiro atoms. The maximum absolute atomic E-state index is 11.7. The van der Waals surface area contributed by atoms with Crippen LogP contribution in [0.15, 0.2) is 73.6 Å². The number of benzene rings is 2. The van der Waals surface area contributed by atoms with Crippen molar-refractivity contribution < 1.29 is 18.7 Å². The predicted molar refractivity (Wildman–Crippen MR) is 120 cm³/mol. The van der Waals surface area contributed by atoms with Crippen LogP contribution in [0.3, 0.4) is 0 Å². The van der Waals surface area contributed by atoms with E-state index in [1.54, 1.807) is 54.6 Å². The topological polar surface area (TPSA) is 89.4 Å². The fourth-order valence-electron chi connectivity index (χ4n) is 2.58. The van der Waals surface area contributed by atoms with Crippen molar-refractivity contribution in [3.63, 3.8) is 0 Å². The SMILES string of the molecule is O=C(O)/C(=C/c1ccc(-c2cc(Cl)ccc2Cl)o1)Sc1nnc(-c2ccc(Cl)cc2)o1. The number of hydrogen-bond acceptors (Lipinski definition) is 6. The molecule has 0 aliphatic heterocycles. The number of carboxylic acid groups (broad SMARTS) is 1. The average Bonchev–Trinajstić information content (AvgIpc) is 3.40. The van der Waals surface area contributed by atoms with E-state index in [9.17, 15) is 9.90 Å². The summed E-state index contributed by atoms with van der Waals surface area (Å²) in [6.45, 7) is 0. The zero-order valence-electron chi connectivity index (χ0n) is 15.4. The van der Waals surface area contributed by atoms with Crippen molar-refractivity contribution in [3.05, 3.63) is 80.3 Å². The first-order chi connectivity index (χ1) is 14.9. The summed E-state index contributed by atoms with van der Waals surface area (Å²) in [6, 6.07) is 15.1. The highest BCUT2D eigenvalue weighted by Crippen LogP contribution is 2.34. The second-order valence-electron chi connectivity index (χ2n) is 6.12. The van der Waals surface area contributed by atoms with Crippen molar-refractivity contribution >= 4 is 58.6 Å². The molecule has 2 aromatic carbocycles. The third-order valence-electron chi connectivity index (χ3n) is 4.00. The van der Waals surface area contributed by atoms with Crippen LogP contribution in [0.2, 0.25) is 15.1 Å². The minimum atomic E-state index is -1.17. The number of nitrogens with zero attached hydrogens (tertiary/aromatic N) is 2. The molecular formula is C21H11Cl3N2O4S. The Hall–Kier alpha value is -2.71. The highest BCUT2D eigenvalue weighted by atomic mass is 35.5. The number of carbonyl (C=O) groups is 1. The summed E-state index contributed by atoms with van der Waals surface area (Å²) in [5.74, 6) is -0.153. The van der Waals surface area contributed by atoms with E-state index in [2.05, 4.69) is 10.2 Å². The summed E-state index contributed by atoms with van der Waals surface area (Å²) in [7, 11) is 0. The molecule has 0 bridgehead atoms. The second kappa shape index (κ2) is 9.20. The number of thioether (sulfide) groups is 1. The van der Waals surface area contributed by atoms with Crippen LogP contribution in [0.1, 0.15) is 5.76 Å². The van der Waals surface area contributed by atoms with Gasteiger partial charge in [-0.3, -0.25) is 0 Å². The van der Waals surface area contributed by atoms with Crippen molar-refractivity contribution in [2.75, 3.05) is 0 Å². The summed E-state index contributed by atoms with van der Waals surface area (Å²) in [4.78, 5) is 11.7. The highest BCUT2D eigenvalue weighted by molar-refractivity contribution is 8.03. The van der Waals surface area contributed by atoms with E-state index >= 15 is 0 Å². The minimum absolute atomic E-state index is 0.0654. The largest absolute Gasteiger partial charge is 0.477 e. The lowest BCUT2D eigenvalue weighted by Gasteiger charge is -2.01. The van der Waals surface area contributed by atoms with Crippen molar-refractivity contribution in [1.82, 2.24) is 10.2 Å². The Labute approximate surface area is 195 Å². The molecule has 0 atom stereocenters. The molecular weight excluding hydrogens is 483 g/mol. The average molecular weight is 494 g/mol. The van der Waals surface area contributed by atoms with Crippen LogP contribution in [-0.2, 0) is 4.79 Å². The zero-order valence-corrected chi connectivity index (χ0v) is 18.5. The molecule has 4 rings (SSSR count). The van der Waals surface area contributed by atoms with Gasteiger partial charge in [0.2, 0.25) is 5.89 Å². The first-order valence-corrected chi connectivity index (χ1v) is 10.6. The maximum atomic E-state index is 11.7. The summed E-state index contributed by atoms with van der Waals surface area (Å²) >= 11 is 18.9. The van der Waals surface area contributed by atoms with Crippen LogP contribution < -0.4 is 0 Å². The van der Waals surface area contributed by atoms with Crippen molar-refractivity contribution in [1.29, 1.82) is 0 Å². The normalized spacial score (nSPS) is 11.6. The molecule has 2 aromatic heterocycles. The minimum Gasteiger partial charge on any atom is -0.477 e. The Morgan fingerprint density at radius 2 is 1.68 bits per heavy atom. The number of aromatic nitrogens is 2. The standard InChI is InChI=1S/C21H11Cl3N2O4S/c22-12-3-1-11(2-4-12)19-25-26-21(30-19)31-18(20(27)28)10-14-6-8-17(29-14)15-9-13(23)5-7-16(15)24/h1-10H,(H,27,28)/b18-10-. The van der Waals surface area contributed by atoms with E-state index < -0.39 is 5.97 Å². The van der Waals surface area contributed by atoms with Crippen LogP contribution in [0, 0.1) is 0 Å². The lowest BCUT2D eigenvalue weighted by Crippen LogP contribution is -1.96. The Kier molecular flexibility index (Phi) is 6.38. The number of halogens is 3. The van der Waals surface area contributed by atoms with E-state index in [0.29, 0.717) is 37.7 Å². The molecule has 0 unspecified atom stereocenters. The predicted octanol–water partition coefficient (Wildman–Crippen LogP) is 7.17. The molecule has 31 heavy (non-hydrogen) atoms. The lowest BCUT2D eigenvalue weighted by atomic mass is 10.2. The zero-order chi connectivity index (χ0) is 22.0. The fraction of sp³-hybridized carbons (Fsp3) is 0. The summed E-state index contributed by atoms with van der Waals surface area (Å²) in [6.07, 6.45) is 1.36. The van der Waals surface area contributed by atoms with Crippen LogP contribution in [0.4, 0.5) is 0 Å². The van der Waals surface area contributed by atoms with Crippen molar-refractivity contribution in [2.45, 2.75) is 5.22 Å². The van der Waals surface area contributed by atoms with E-state index in [1.807, 2.05) is 0 Å². The molecule has 0 aliphatic rings. The van der Waals surface area contributed by atoms with Gasteiger partial charge in [0.1, 0.15) is 16.4 Å². The van der Waals surface area contributed by atoms with Gasteiger partial charge in [-0.2, -0.15) is 0 Å². The van der Waals surface area contributed by atoms with Crippen LogP contribution in [0.5, 0.6) is 0 Å². The van der Waals surface area contributed by atoms with Gasteiger partial charge in [-0.1, -0.05) is 34.8 Å². The van der Waals surface area contributed by atoms with Gasteiger partial charge >= 0.3 is 5.97 Å². The molecule has 156 valence electrons. The van der Waals surface area contributed by atoms with Crippen molar-refractivity contribution in [3.8, 4) is 22.8 Å². The van der Waals surface area contributed by atoms with Gasteiger partial charge in [-0.05, 0) is 66.4 Å². The molecule has 1 N–H and O–H groups in total. The molecule has 4 aromatic rings. The maximum Gasteiger partial charge on any atom is 0.342 e. The smallest absolute Gasteiger partial charge is 0.342 e. The molecule has 0 radical (unpaired) electrons. The lowest BCUT2D eigenvalue weighted by molar-refractivity contribution is -0.131. The summed E-state index contributed by atoms with van der Waals surface area (Å²) in [5.41, 5.74) is 1.27. The van der Waals surface area contributed by atoms with Gasteiger partial charge in [0, 0.05) is 27.2 Å². The molecule has 10 heteroatoms. The first kappa shape index (κ1) is 21.5. The Morgan fingerprint density at radius 3 is 2.42 bits per heavy atom. The Balaban J connectivity index is 1.57. The monoisotopic (exact) mass is 492 g/mol. The molecule has 6 nitrogen and oxygen atoms in total. The molecule has 0 fully saturated rings. The molecule has 0 saturated heterocycles. The number of aliphatic carboxylic acids is 1. The molecule has 2 heterocycles. The first-order valence-electron chi connectivity index (χ1n) is 8.66. The fourth-order valence-corrected chi connectivity index (χ4v) is 3.74. The van der Waals surface area contributed by atoms with Gasteiger partial charge in [0.15, 0.2) is 0 Å². The third-order valence-corrected chi connectivity index (χ3v) is 5.67. The highest BCUT2D eigenvalue weighted by Gasteiger charge is 2.17. The van der Waals surface area contributed by atoms with Crippen LogP contribution in [-0.4, -0.2) is 21.3 Å². The number of furan rings is 1. The number of hydrogen-bond donors (Lipinski definition) is 1. The van der Waals surface area contributed by atoms with Gasteiger partial charge in [0.25, 0.3) is 5.22 Å². The summed E-state index contributed by atoms with van der Waals surface area (Å²) in [5, 5.41) is 19.0. The number of carboxylic acids is 1. The quantitative estimate of drug-likeness (QED) is 0.225. The summed E-state index contributed by atoms with van der Waals surface area (Å²) < 4.78 is 11.3. The second-order valence-corrected chi connectivity index (χ2v) is 8.40. The Bertz CT molecular complexity index is 1280. The van der Waals surface area contributed by atoms with Crippen molar-refractivity contribution in [2.24, 2.45) is 0 Å². The van der Waals surface area contributed by atoms with E-state index in [1.165, 1.54) is 6.08 Å². The third kappa shape index (κ3) is 5.14. The number of rotatable bonds is 6. The molecule has 0 amide bonds. The van der Waals surface area contributed by atoms with E-state index in [0.717, 1.165) is 11.8 Å². The van der Waals surface area contributed by atoms with Crippen LogP contribution in [0.25, 0.3) is 28.9 Å². The van der Waals surface area contributed by atoms with E-state index in [4.69, 9.17) is 43.6 Å².